The lowest BCUT2D eigenvalue weighted by atomic mass is 9.70. The van der Waals surface area contributed by atoms with Crippen molar-refractivity contribution in [3.8, 4) is 39.1 Å². The van der Waals surface area contributed by atoms with Gasteiger partial charge in [0.25, 0.3) is 0 Å². The number of allylic oxidation sites excluding steroid dienone is 2. The van der Waals surface area contributed by atoms with Gasteiger partial charge in [0, 0.05) is 22.6 Å². The fraction of sp³-hybridized carbons (Fsp3) is 0.0769. The summed E-state index contributed by atoms with van der Waals surface area (Å²) in [6, 6.07) is 61.6. The van der Waals surface area contributed by atoms with E-state index in [1.54, 1.807) is 0 Å². The third kappa shape index (κ3) is 3.56. The minimum absolute atomic E-state index is 0.00435. The molecule has 0 aromatic heterocycles. The van der Waals surface area contributed by atoms with E-state index in [0.717, 1.165) is 45.4 Å². The van der Waals surface area contributed by atoms with Crippen molar-refractivity contribution in [2.75, 3.05) is 0 Å². The molecule has 0 radical (unpaired) electrons. The van der Waals surface area contributed by atoms with Crippen molar-refractivity contribution in [1.82, 2.24) is 5.32 Å². The van der Waals surface area contributed by atoms with Crippen molar-refractivity contribution in [2.45, 2.75) is 16.5 Å². The molecule has 0 saturated heterocycles. The number of fused-ring (bicyclic) bond motifs is 12. The second-order valence-electron chi connectivity index (χ2n) is 15.7. The van der Waals surface area contributed by atoms with Crippen LogP contribution in [-0.4, -0.2) is 17.3 Å². The third-order valence-corrected chi connectivity index (χ3v) is 13.2. The molecule has 56 heavy (non-hydrogen) atoms. The number of ether oxygens (including phenoxy) is 1. The van der Waals surface area contributed by atoms with Crippen LogP contribution in [0, 0.1) is 5.92 Å². The van der Waals surface area contributed by atoms with Gasteiger partial charge in [0.15, 0.2) is 5.66 Å². The molecule has 3 spiro atoms. The monoisotopic (exact) mass is 715 g/mol. The summed E-state index contributed by atoms with van der Waals surface area (Å²) in [5, 5.41) is 3.61. The topological polar surface area (TPSA) is 46.0 Å². The maximum atomic E-state index is 6.78. The van der Waals surface area contributed by atoms with E-state index in [-0.39, 0.29) is 5.92 Å². The first-order chi connectivity index (χ1) is 27.7. The van der Waals surface area contributed by atoms with Gasteiger partial charge in [-0.3, -0.25) is 0 Å². The summed E-state index contributed by atoms with van der Waals surface area (Å²) in [6.07, 6.45) is 6.52. The van der Waals surface area contributed by atoms with E-state index in [2.05, 4.69) is 181 Å². The number of hydrogen-bond acceptors (Lipinski definition) is 4. The quantitative estimate of drug-likeness (QED) is 0.198. The molecule has 1 fully saturated rings. The van der Waals surface area contributed by atoms with Gasteiger partial charge >= 0.3 is 0 Å². The fourth-order valence-corrected chi connectivity index (χ4v) is 10.9. The maximum absolute atomic E-state index is 6.78. The minimum atomic E-state index is -0.807. The number of aliphatic imine (C=N–C) groups is 2. The van der Waals surface area contributed by atoms with Crippen molar-refractivity contribution in [3.05, 3.63) is 233 Å². The van der Waals surface area contributed by atoms with E-state index in [9.17, 15) is 0 Å². The molecule has 4 heteroatoms. The Kier molecular flexibility index (Phi) is 5.73. The number of amidine groups is 2. The van der Waals surface area contributed by atoms with Crippen molar-refractivity contribution in [3.63, 3.8) is 0 Å². The Hall–Kier alpha value is -7.04. The summed E-state index contributed by atoms with van der Waals surface area (Å²) >= 11 is 0. The predicted octanol–water partition coefficient (Wildman–Crippen LogP) is 10.6. The van der Waals surface area contributed by atoms with Gasteiger partial charge in [-0.15, -0.1) is 0 Å². The highest BCUT2D eigenvalue weighted by Gasteiger charge is 2.84. The highest BCUT2D eigenvalue weighted by molar-refractivity contribution is 6.16. The average molecular weight is 716 g/mol. The summed E-state index contributed by atoms with van der Waals surface area (Å²) in [5.41, 5.74) is 14.4. The molecule has 13 rings (SSSR count). The van der Waals surface area contributed by atoms with Gasteiger partial charge in [-0.2, -0.15) is 0 Å². The van der Waals surface area contributed by atoms with E-state index < -0.39 is 16.5 Å². The third-order valence-electron chi connectivity index (χ3n) is 13.2. The van der Waals surface area contributed by atoms with Crippen LogP contribution in [0.25, 0.3) is 33.4 Å². The molecular formula is C52H33N3O. The smallest absolute Gasteiger partial charge is 0.179 e. The van der Waals surface area contributed by atoms with Gasteiger partial charge in [-0.25, -0.2) is 9.98 Å². The number of benzene rings is 7. The molecule has 4 nitrogen and oxygen atoms in total. The molecule has 2 aliphatic heterocycles. The lowest BCUT2D eigenvalue weighted by molar-refractivity contribution is 0.404. The molecule has 2 unspecified atom stereocenters. The Morgan fingerprint density at radius 1 is 0.464 bits per heavy atom. The lowest BCUT2D eigenvalue weighted by Gasteiger charge is -2.30. The largest absolute Gasteiger partial charge is 0.460 e. The van der Waals surface area contributed by atoms with Gasteiger partial charge < -0.3 is 10.1 Å². The Labute approximate surface area is 324 Å². The Morgan fingerprint density at radius 2 is 0.964 bits per heavy atom. The molecule has 6 aliphatic rings. The van der Waals surface area contributed by atoms with Crippen LogP contribution in [0.5, 0.6) is 5.75 Å². The van der Waals surface area contributed by atoms with Crippen molar-refractivity contribution in [1.29, 1.82) is 0 Å². The minimum Gasteiger partial charge on any atom is -0.460 e. The van der Waals surface area contributed by atoms with Crippen LogP contribution in [-0.2, 0) is 10.8 Å². The summed E-state index contributed by atoms with van der Waals surface area (Å²) in [4.78, 5) is 11.1. The number of hydrogen-bond donors (Lipinski definition) is 1. The zero-order valence-corrected chi connectivity index (χ0v) is 30.3. The van der Waals surface area contributed by atoms with E-state index in [4.69, 9.17) is 14.7 Å². The first kappa shape index (κ1) is 30.3. The van der Waals surface area contributed by atoms with Gasteiger partial charge in [-0.05, 0) is 79.9 Å². The fourth-order valence-electron chi connectivity index (χ4n) is 10.9. The number of rotatable bonds is 3. The van der Waals surface area contributed by atoms with Gasteiger partial charge in [0.1, 0.15) is 28.6 Å². The van der Waals surface area contributed by atoms with Crippen molar-refractivity contribution < 1.29 is 4.74 Å². The van der Waals surface area contributed by atoms with Crippen LogP contribution < -0.4 is 10.1 Å². The Bertz CT molecular complexity index is 2870. The molecule has 4 aliphatic carbocycles. The SMILES string of the molecule is C1=CC2C3(N=C(c4ccccc4)NC(c4ccccc4)=N3)C23C(=C1)Oc1ccc(-c2ccc4c(c2)C2(c5ccccc5-c5ccccc52)c2ccccc2-4)cc13. The maximum Gasteiger partial charge on any atom is 0.179 e. The molecular weight excluding hydrogens is 683 g/mol. The highest BCUT2D eigenvalue weighted by Crippen LogP contribution is 2.76. The standard InChI is InChI=1S/C52H33N3O/c1-3-14-32(15-4-1)48-53-49(33-16-5-2-6-17-33)55-52(54-48)46-24-13-25-47-51(46,52)44-31-35(27-29-45(44)56-47)34-26-28-39-38-20-9-12-23-42(38)50(43(39)30-34)40-21-10-7-18-36(40)37-19-8-11-22-41(37)50/h1-31,46H,(H,53,54,55). The summed E-state index contributed by atoms with van der Waals surface area (Å²) in [7, 11) is 0. The number of nitrogens with one attached hydrogen (secondary N) is 1. The highest BCUT2D eigenvalue weighted by atomic mass is 16.5. The average Bonchev–Trinajstić information content (AvgIpc) is 3.52. The van der Waals surface area contributed by atoms with E-state index in [1.165, 1.54) is 50.1 Å². The van der Waals surface area contributed by atoms with Crippen LogP contribution in [0.1, 0.15) is 38.9 Å². The first-order valence-corrected chi connectivity index (χ1v) is 19.4. The molecule has 1 N–H and O–H groups in total. The zero-order valence-electron chi connectivity index (χ0n) is 30.3. The van der Waals surface area contributed by atoms with Crippen molar-refractivity contribution >= 4 is 11.7 Å². The summed E-state index contributed by atoms with van der Waals surface area (Å²) in [5.74, 6) is 3.42. The number of nitrogens with zero attached hydrogens (tertiary/aromatic N) is 2. The first-order valence-electron chi connectivity index (χ1n) is 19.4. The van der Waals surface area contributed by atoms with Gasteiger partial charge in [0.05, 0.1) is 5.41 Å². The van der Waals surface area contributed by atoms with E-state index in [1.807, 2.05) is 12.1 Å². The van der Waals surface area contributed by atoms with E-state index >= 15 is 0 Å². The van der Waals surface area contributed by atoms with Crippen LogP contribution in [0.2, 0.25) is 0 Å². The predicted molar refractivity (Wildman–Crippen MR) is 223 cm³/mol. The molecule has 2 atom stereocenters. The Balaban J connectivity index is 1.01. The normalized spacial score (nSPS) is 21.2. The molecule has 7 aromatic carbocycles. The summed E-state index contributed by atoms with van der Waals surface area (Å²) in [6.45, 7) is 0. The zero-order chi connectivity index (χ0) is 36.6. The molecule has 0 amide bonds. The van der Waals surface area contributed by atoms with Crippen LogP contribution in [0.4, 0.5) is 0 Å². The van der Waals surface area contributed by atoms with Crippen LogP contribution >= 0.6 is 0 Å². The molecule has 0 bridgehead atoms. The van der Waals surface area contributed by atoms with Crippen LogP contribution in [0.15, 0.2) is 204 Å². The molecule has 7 aromatic rings. The van der Waals surface area contributed by atoms with Gasteiger partial charge in [-0.1, -0.05) is 164 Å². The van der Waals surface area contributed by atoms with Crippen LogP contribution in [0.3, 0.4) is 0 Å². The van der Waals surface area contributed by atoms with E-state index in [0.29, 0.717) is 0 Å². The molecule has 262 valence electrons. The lowest BCUT2D eigenvalue weighted by Crippen LogP contribution is -2.40. The summed E-state index contributed by atoms with van der Waals surface area (Å²) < 4.78 is 6.78. The second kappa shape index (κ2) is 10.6. The Morgan fingerprint density at radius 3 is 1.55 bits per heavy atom. The molecule has 2 heterocycles. The van der Waals surface area contributed by atoms with Gasteiger partial charge in [0.2, 0.25) is 0 Å². The molecule has 1 saturated carbocycles. The van der Waals surface area contributed by atoms with Crippen molar-refractivity contribution in [2.24, 2.45) is 15.9 Å². The second-order valence-corrected chi connectivity index (χ2v) is 15.7.